The molecule has 4 nitrogen and oxygen atoms in total. The molecular weight excluding hydrogens is 223 g/mol. The van der Waals surface area contributed by atoms with Crippen LogP contribution in [0, 0.1) is 5.21 Å². The molecule has 1 rings (SSSR count). The van der Waals surface area contributed by atoms with Gasteiger partial charge in [-0.25, -0.2) is 3.22 Å². The fourth-order valence-corrected chi connectivity index (χ4v) is 0.953. The first-order valence-corrected chi connectivity index (χ1v) is 3.11. The molecule has 8 heavy (non-hydrogen) atoms. The smallest absolute Gasteiger partial charge is 0.246 e. The summed E-state index contributed by atoms with van der Waals surface area (Å²) in [7, 11) is 0. The molecule has 0 aromatic rings. The number of nitrogens with zero attached hydrogens (tertiary/aromatic N) is 2. The van der Waals surface area contributed by atoms with Crippen LogP contribution in [-0.2, 0) is 4.79 Å². The van der Waals surface area contributed by atoms with Gasteiger partial charge < -0.3 is 5.21 Å². The summed E-state index contributed by atoms with van der Waals surface area (Å²) < 4.78 is 1.05. The van der Waals surface area contributed by atoms with E-state index in [0.29, 0.717) is 18.1 Å². The number of rotatable bonds is 0. The lowest BCUT2D eigenvalue weighted by Gasteiger charge is -2.26. The average molecular weight is 227 g/mol. The molecular formula is C3H4IN2O2-. The fourth-order valence-electron chi connectivity index (χ4n) is 0.496. The molecule has 0 radical (unpaired) electrons. The third-order valence-corrected chi connectivity index (χ3v) is 1.94. The number of hydroxylamine groups is 1. The van der Waals surface area contributed by atoms with E-state index in [0.717, 1.165) is 3.22 Å². The minimum Gasteiger partial charge on any atom is -0.767 e. The summed E-state index contributed by atoms with van der Waals surface area (Å²) >= 11 is 1.68. The van der Waals surface area contributed by atoms with Crippen molar-refractivity contribution < 1.29 is 4.79 Å². The number of hydrogen-bond donors (Lipinski definition) is 0. The molecule has 0 bridgehead atoms. The van der Waals surface area contributed by atoms with Gasteiger partial charge in [0.15, 0.2) is 0 Å². The summed E-state index contributed by atoms with van der Waals surface area (Å²) in [6, 6.07) is 0. The second kappa shape index (κ2) is 2.16. The molecule has 1 aliphatic rings. The van der Waals surface area contributed by atoms with Crippen molar-refractivity contribution in [3.8, 4) is 0 Å². The topological polar surface area (TPSA) is 46.6 Å². The average Bonchev–Trinajstić information content (AvgIpc) is 1.98. The van der Waals surface area contributed by atoms with E-state index in [1.165, 1.54) is 0 Å². The third kappa shape index (κ3) is 0.932. The summed E-state index contributed by atoms with van der Waals surface area (Å²) in [6.07, 6.45) is 0.354. The molecule has 5 heteroatoms. The fraction of sp³-hybridized carbons (Fsp3) is 0.667. The van der Waals surface area contributed by atoms with Crippen LogP contribution in [0.3, 0.4) is 0 Å². The maximum absolute atomic E-state index is 10.5. The molecule has 0 atom stereocenters. The first-order valence-electron chi connectivity index (χ1n) is 2.15. The molecule has 0 aromatic carbocycles. The zero-order chi connectivity index (χ0) is 6.15. The monoisotopic (exact) mass is 227 g/mol. The van der Waals surface area contributed by atoms with Gasteiger partial charge in [0.05, 0.1) is 22.9 Å². The summed E-state index contributed by atoms with van der Waals surface area (Å²) in [5, 5.41) is 11.0. The van der Waals surface area contributed by atoms with Crippen molar-refractivity contribution in [1.29, 1.82) is 0 Å². The van der Waals surface area contributed by atoms with Gasteiger partial charge in [0.1, 0.15) is 0 Å². The Morgan fingerprint density at radius 3 is 2.50 bits per heavy atom. The Labute approximate surface area is 60.5 Å². The molecule has 0 unspecified atom stereocenters. The quantitative estimate of drug-likeness (QED) is 0.441. The Balaban J connectivity index is 2.56. The highest BCUT2D eigenvalue weighted by Crippen LogP contribution is 2.14. The van der Waals surface area contributed by atoms with Gasteiger partial charge >= 0.3 is 0 Å². The van der Waals surface area contributed by atoms with Gasteiger partial charge in [-0.05, 0) is 0 Å². The molecule has 1 amide bonds. The van der Waals surface area contributed by atoms with E-state index in [4.69, 9.17) is 0 Å². The van der Waals surface area contributed by atoms with Crippen LogP contribution in [0.15, 0.2) is 0 Å². The molecule has 0 N–H and O–H groups in total. The molecule has 0 aromatic heterocycles. The third-order valence-electron chi connectivity index (χ3n) is 0.919. The number of carbonyl (C=O) groups excluding carboxylic acids is 1. The largest absolute Gasteiger partial charge is 0.767 e. The van der Waals surface area contributed by atoms with E-state index in [1.807, 2.05) is 0 Å². The van der Waals surface area contributed by atoms with Crippen molar-refractivity contribution >= 4 is 28.8 Å². The summed E-state index contributed by atoms with van der Waals surface area (Å²) in [4.78, 5) is 10.5. The van der Waals surface area contributed by atoms with Crippen LogP contribution in [0.25, 0.3) is 0 Å². The van der Waals surface area contributed by atoms with Gasteiger partial charge in [-0.2, -0.15) is 0 Å². The van der Waals surface area contributed by atoms with Crippen LogP contribution < -0.4 is 0 Å². The van der Waals surface area contributed by atoms with Crippen molar-refractivity contribution in [2.24, 2.45) is 0 Å². The van der Waals surface area contributed by atoms with Crippen LogP contribution in [0.4, 0.5) is 0 Å². The zero-order valence-electron chi connectivity index (χ0n) is 4.00. The Bertz CT molecular complexity index is 118. The molecule has 0 saturated carbocycles. The van der Waals surface area contributed by atoms with Crippen LogP contribution in [0.5, 0.6) is 0 Å². The molecule has 46 valence electrons. The van der Waals surface area contributed by atoms with Crippen molar-refractivity contribution in [2.75, 3.05) is 6.54 Å². The summed E-state index contributed by atoms with van der Waals surface area (Å²) in [6.45, 7) is 0.307. The van der Waals surface area contributed by atoms with Crippen molar-refractivity contribution in [2.45, 2.75) is 6.42 Å². The summed E-state index contributed by atoms with van der Waals surface area (Å²) in [5.41, 5.74) is 0. The van der Waals surface area contributed by atoms with Gasteiger partial charge in [0, 0.05) is 13.0 Å². The number of carbonyl (C=O) groups is 1. The van der Waals surface area contributed by atoms with Crippen molar-refractivity contribution in [3.05, 3.63) is 5.21 Å². The van der Waals surface area contributed by atoms with Crippen LogP contribution >= 0.6 is 22.9 Å². The van der Waals surface area contributed by atoms with E-state index in [2.05, 4.69) is 0 Å². The molecule has 1 aliphatic heterocycles. The Kier molecular flexibility index (Phi) is 1.68. The predicted molar refractivity (Wildman–Crippen MR) is 35.6 cm³/mol. The lowest BCUT2D eigenvalue weighted by molar-refractivity contribution is -0.125. The number of hydrazine groups is 1. The van der Waals surface area contributed by atoms with Gasteiger partial charge in [0.2, 0.25) is 5.91 Å². The molecule has 1 heterocycles. The molecule has 1 fully saturated rings. The van der Waals surface area contributed by atoms with Crippen LogP contribution in [0.1, 0.15) is 6.42 Å². The van der Waals surface area contributed by atoms with Gasteiger partial charge in [-0.15, -0.1) is 0 Å². The molecule has 0 spiro atoms. The SMILES string of the molecule is O=C1CCN([O-])N1I. The van der Waals surface area contributed by atoms with Gasteiger partial charge in [0.25, 0.3) is 0 Å². The van der Waals surface area contributed by atoms with E-state index in [-0.39, 0.29) is 5.91 Å². The molecule has 0 aliphatic carbocycles. The van der Waals surface area contributed by atoms with Crippen LogP contribution in [-0.4, -0.2) is 20.8 Å². The lowest BCUT2D eigenvalue weighted by Crippen LogP contribution is -2.24. The minimum atomic E-state index is -0.111. The van der Waals surface area contributed by atoms with E-state index < -0.39 is 0 Å². The Hall–Kier alpha value is 0.120. The van der Waals surface area contributed by atoms with Gasteiger partial charge in [-0.3, -0.25) is 9.97 Å². The Morgan fingerprint density at radius 1 is 1.75 bits per heavy atom. The first-order chi connectivity index (χ1) is 3.72. The highest BCUT2D eigenvalue weighted by Gasteiger charge is 2.19. The normalized spacial score (nSPS) is 22.8. The number of hydrogen-bond acceptors (Lipinski definition) is 3. The predicted octanol–water partition coefficient (Wildman–Crippen LogP) is 0.284. The second-order valence-electron chi connectivity index (χ2n) is 1.48. The minimum absolute atomic E-state index is 0.111. The van der Waals surface area contributed by atoms with Gasteiger partial charge in [-0.1, -0.05) is 0 Å². The molecule has 1 saturated heterocycles. The van der Waals surface area contributed by atoms with Crippen LogP contribution in [0.2, 0.25) is 0 Å². The van der Waals surface area contributed by atoms with E-state index in [9.17, 15) is 10.0 Å². The summed E-state index contributed by atoms with van der Waals surface area (Å²) in [5.74, 6) is -0.111. The first kappa shape index (κ1) is 6.24. The highest BCUT2D eigenvalue weighted by atomic mass is 127. The second-order valence-corrected chi connectivity index (χ2v) is 2.39. The number of halogens is 1. The standard InChI is InChI=1S/C3H4IN2O2/c4-6-3(7)1-2-5(6)8/h1-2H2/q-1. The maximum Gasteiger partial charge on any atom is 0.246 e. The number of amides is 1. The van der Waals surface area contributed by atoms with E-state index >= 15 is 0 Å². The Morgan fingerprint density at radius 2 is 2.38 bits per heavy atom. The van der Waals surface area contributed by atoms with Crippen molar-refractivity contribution in [1.82, 2.24) is 8.39 Å². The zero-order valence-corrected chi connectivity index (χ0v) is 6.16. The maximum atomic E-state index is 10.5. The highest BCUT2D eigenvalue weighted by molar-refractivity contribution is 14.1. The van der Waals surface area contributed by atoms with E-state index in [1.54, 1.807) is 22.9 Å². The van der Waals surface area contributed by atoms with Crippen molar-refractivity contribution in [3.63, 3.8) is 0 Å². The lowest BCUT2D eigenvalue weighted by atomic mass is 10.5.